The Labute approximate surface area is 72.5 Å². The van der Waals surface area contributed by atoms with Crippen LogP contribution in [0.25, 0.3) is 0 Å². The van der Waals surface area contributed by atoms with Crippen LogP contribution in [-0.2, 0) is 14.3 Å². The molecular formula is C8H15NO3. The van der Waals surface area contributed by atoms with Crippen LogP contribution in [0.3, 0.4) is 0 Å². The Morgan fingerprint density at radius 2 is 1.67 bits per heavy atom. The van der Waals surface area contributed by atoms with Gasteiger partial charge in [0.15, 0.2) is 0 Å². The normalized spacial score (nSPS) is 10.8. The topological polar surface area (TPSA) is 46.6 Å². The fraction of sp³-hybridized carbons (Fsp3) is 0.750. The van der Waals surface area contributed by atoms with Crippen LogP contribution in [0.5, 0.6) is 0 Å². The Bertz CT molecular complexity index is 196. The molecule has 0 heterocycles. The van der Waals surface area contributed by atoms with Crippen molar-refractivity contribution in [2.75, 3.05) is 21.2 Å². The van der Waals surface area contributed by atoms with Crippen LogP contribution >= 0.6 is 0 Å². The zero-order chi connectivity index (χ0) is 9.94. The minimum atomic E-state index is -1.09. The second-order valence-corrected chi connectivity index (χ2v) is 3.32. The Morgan fingerprint density at radius 1 is 1.25 bits per heavy atom. The largest absolute Gasteiger partial charge is 0.468 e. The predicted octanol–water partition coefficient (Wildman–Crippen LogP) is 0.274. The van der Waals surface area contributed by atoms with E-state index in [0.717, 1.165) is 0 Å². The standard InChI is InChI=1S/C8H15NO3/c1-8(2,7(11)12-5)6(10)9(3)4/h1-5H3. The molecule has 0 fully saturated rings. The van der Waals surface area contributed by atoms with E-state index in [1.165, 1.54) is 12.0 Å². The molecule has 0 bridgehead atoms. The molecule has 0 saturated carbocycles. The van der Waals surface area contributed by atoms with E-state index in [4.69, 9.17) is 0 Å². The highest BCUT2D eigenvalue weighted by Gasteiger charge is 2.38. The summed E-state index contributed by atoms with van der Waals surface area (Å²) in [6, 6.07) is 0. The molecule has 0 aromatic heterocycles. The predicted molar refractivity (Wildman–Crippen MR) is 44.5 cm³/mol. The first-order valence-electron chi connectivity index (χ1n) is 3.64. The Balaban J connectivity index is 4.61. The van der Waals surface area contributed by atoms with Crippen LogP contribution in [0.15, 0.2) is 0 Å². The fourth-order valence-electron chi connectivity index (χ4n) is 0.901. The summed E-state index contributed by atoms with van der Waals surface area (Å²) in [5.41, 5.74) is -1.09. The van der Waals surface area contributed by atoms with Crippen molar-refractivity contribution in [3.63, 3.8) is 0 Å². The molecule has 4 nitrogen and oxygen atoms in total. The number of carbonyl (C=O) groups is 2. The quantitative estimate of drug-likeness (QED) is 0.445. The molecule has 0 aromatic rings. The third kappa shape index (κ3) is 1.96. The molecule has 0 radical (unpaired) electrons. The van der Waals surface area contributed by atoms with Gasteiger partial charge in [-0.2, -0.15) is 0 Å². The lowest BCUT2D eigenvalue weighted by molar-refractivity contribution is -0.159. The smallest absolute Gasteiger partial charge is 0.320 e. The van der Waals surface area contributed by atoms with Crippen molar-refractivity contribution in [1.29, 1.82) is 0 Å². The van der Waals surface area contributed by atoms with Crippen LogP contribution in [0.2, 0.25) is 0 Å². The van der Waals surface area contributed by atoms with Gasteiger partial charge in [-0.25, -0.2) is 0 Å². The number of methoxy groups -OCH3 is 1. The first kappa shape index (κ1) is 10.9. The number of hydrogen-bond donors (Lipinski definition) is 0. The first-order valence-corrected chi connectivity index (χ1v) is 3.64. The lowest BCUT2D eigenvalue weighted by Crippen LogP contribution is -2.42. The van der Waals surface area contributed by atoms with Gasteiger partial charge in [0, 0.05) is 14.1 Å². The van der Waals surface area contributed by atoms with E-state index in [9.17, 15) is 9.59 Å². The molecule has 70 valence electrons. The summed E-state index contributed by atoms with van der Waals surface area (Å²) < 4.78 is 4.50. The third-order valence-corrected chi connectivity index (χ3v) is 1.64. The zero-order valence-corrected chi connectivity index (χ0v) is 8.17. The summed E-state index contributed by atoms with van der Waals surface area (Å²) >= 11 is 0. The molecule has 0 aliphatic heterocycles. The third-order valence-electron chi connectivity index (χ3n) is 1.64. The molecule has 0 spiro atoms. The SMILES string of the molecule is COC(=O)C(C)(C)C(=O)N(C)C. The average molecular weight is 173 g/mol. The molecule has 1 amide bonds. The Morgan fingerprint density at radius 3 is 1.92 bits per heavy atom. The van der Waals surface area contributed by atoms with Gasteiger partial charge < -0.3 is 9.64 Å². The van der Waals surface area contributed by atoms with Crippen molar-refractivity contribution in [2.45, 2.75) is 13.8 Å². The molecule has 0 unspecified atom stereocenters. The highest BCUT2D eigenvalue weighted by molar-refractivity contribution is 6.01. The van der Waals surface area contributed by atoms with Gasteiger partial charge in [-0.15, -0.1) is 0 Å². The average Bonchev–Trinajstić information content (AvgIpc) is 2.01. The van der Waals surface area contributed by atoms with Gasteiger partial charge in [0.25, 0.3) is 0 Å². The number of esters is 1. The Kier molecular flexibility index (Phi) is 3.24. The summed E-state index contributed by atoms with van der Waals surface area (Å²) in [6.07, 6.45) is 0. The first-order chi connectivity index (χ1) is 5.34. The summed E-state index contributed by atoms with van der Waals surface area (Å²) in [5, 5.41) is 0. The lowest BCUT2D eigenvalue weighted by Gasteiger charge is -2.23. The van der Waals surface area contributed by atoms with E-state index in [2.05, 4.69) is 4.74 Å². The molecule has 0 saturated heterocycles. The number of carbonyl (C=O) groups excluding carboxylic acids is 2. The van der Waals surface area contributed by atoms with Crippen molar-refractivity contribution >= 4 is 11.9 Å². The molecule has 0 rings (SSSR count). The van der Waals surface area contributed by atoms with Crippen LogP contribution < -0.4 is 0 Å². The van der Waals surface area contributed by atoms with E-state index >= 15 is 0 Å². The van der Waals surface area contributed by atoms with Crippen LogP contribution in [-0.4, -0.2) is 38.0 Å². The number of rotatable bonds is 2. The van der Waals surface area contributed by atoms with Gasteiger partial charge in [0.05, 0.1) is 7.11 Å². The number of ether oxygens (including phenoxy) is 1. The summed E-state index contributed by atoms with van der Waals surface area (Å²) in [7, 11) is 4.48. The van der Waals surface area contributed by atoms with E-state index in [-0.39, 0.29) is 5.91 Å². The van der Waals surface area contributed by atoms with Crippen LogP contribution in [0, 0.1) is 5.41 Å². The highest BCUT2D eigenvalue weighted by Crippen LogP contribution is 2.19. The molecule has 0 N–H and O–H groups in total. The number of amides is 1. The summed E-state index contributed by atoms with van der Waals surface area (Å²) in [6.45, 7) is 3.09. The summed E-state index contributed by atoms with van der Waals surface area (Å²) in [5.74, 6) is -0.768. The van der Waals surface area contributed by atoms with Crippen molar-refractivity contribution in [3.8, 4) is 0 Å². The molecule has 0 aliphatic carbocycles. The fourth-order valence-corrected chi connectivity index (χ4v) is 0.901. The van der Waals surface area contributed by atoms with E-state index in [1.54, 1.807) is 27.9 Å². The monoisotopic (exact) mass is 173 g/mol. The number of hydrogen-bond acceptors (Lipinski definition) is 3. The lowest BCUT2D eigenvalue weighted by atomic mass is 9.92. The van der Waals surface area contributed by atoms with E-state index in [1.807, 2.05) is 0 Å². The van der Waals surface area contributed by atoms with Crippen molar-refractivity contribution in [3.05, 3.63) is 0 Å². The van der Waals surface area contributed by atoms with Gasteiger partial charge in [0.2, 0.25) is 5.91 Å². The molecular weight excluding hydrogens is 158 g/mol. The molecule has 12 heavy (non-hydrogen) atoms. The van der Waals surface area contributed by atoms with Crippen molar-refractivity contribution < 1.29 is 14.3 Å². The molecule has 0 atom stereocenters. The Hall–Kier alpha value is -1.06. The van der Waals surface area contributed by atoms with E-state index < -0.39 is 11.4 Å². The minimum absolute atomic E-state index is 0.255. The molecule has 4 heteroatoms. The zero-order valence-electron chi connectivity index (χ0n) is 8.17. The summed E-state index contributed by atoms with van der Waals surface area (Å²) in [4.78, 5) is 23.9. The van der Waals surface area contributed by atoms with Gasteiger partial charge >= 0.3 is 5.97 Å². The number of nitrogens with zero attached hydrogens (tertiary/aromatic N) is 1. The minimum Gasteiger partial charge on any atom is -0.468 e. The maximum Gasteiger partial charge on any atom is 0.320 e. The van der Waals surface area contributed by atoms with Gasteiger partial charge in [-0.05, 0) is 13.8 Å². The van der Waals surface area contributed by atoms with E-state index in [0.29, 0.717) is 0 Å². The molecule has 0 aromatic carbocycles. The van der Waals surface area contributed by atoms with Crippen molar-refractivity contribution in [1.82, 2.24) is 4.90 Å². The second kappa shape index (κ2) is 3.56. The van der Waals surface area contributed by atoms with Gasteiger partial charge in [-0.1, -0.05) is 0 Å². The van der Waals surface area contributed by atoms with Gasteiger partial charge in [0.1, 0.15) is 5.41 Å². The highest BCUT2D eigenvalue weighted by atomic mass is 16.5. The van der Waals surface area contributed by atoms with Crippen LogP contribution in [0.1, 0.15) is 13.8 Å². The van der Waals surface area contributed by atoms with Gasteiger partial charge in [-0.3, -0.25) is 9.59 Å². The van der Waals surface area contributed by atoms with Crippen molar-refractivity contribution in [2.24, 2.45) is 5.41 Å². The maximum absolute atomic E-state index is 11.4. The van der Waals surface area contributed by atoms with Crippen LogP contribution in [0.4, 0.5) is 0 Å². The second-order valence-electron chi connectivity index (χ2n) is 3.32. The molecule has 0 aliphatic rings. The maximum atomic E-state index is 11.4.